The topological polar surface area (TPSA) is 90.6 Å². The van der Waals surface area contributed by atoms with Gasteiger partial charge in [-0.05, 0) is 18.2 Å². The van der Waals surface area contributed by atoms with E-state index in [4.69, 9.17) is 5.73 Å². The third kappa shape index (κ3) is 5.38. The number of rotatable bonds is 7. The molecular formula is C18H12F6N4O3S. The predicted octanol–water partition coefficient (Wildman–Crippen LogP) is 4.76. The van der Waals surface area contributed by atoms with Crippen molar-refractivity contribution < 1.29 is 40.6 Å². The summed E-state index contributed by atoms with van der Waals surface area (Å²) in [6, 6.07) is 5.05. The quantitative estimate of drug-likeness (QED) is 0.387. The summed E-state index contributed by atoms with van der Waals surface area (Å²) in [5.41, 5.74) is 5.94. The zero-order valence-corrected chi connectivity index (χ0v) is 16.7. The van der Waals surface area contributed by atoms with Crippen LogP contribution in [-0.2, 0) is 0 Å². The van der Waals surface area contributed by atoms with Crippen molar-refractivity contribution in [2.45, 2.75) is 13.0 Å². The third-order valence-corrected chi connectivity index (χ3v) is 5.02. The van der Waals surface area contributed by atoms with E-state index in [0.29, 0.717) is 0 Å². The fraction of sp³-hybridized carbons (Fsp3) is 0.167. The number of carbonyl (C=O) groups is 1. The molecule has 0 saturated heterocycles. The lowest BCUT2D eigenvalue weighted by Crippen LogP contribution is -2.18. The number of alkyl halides is 5. The number of hydrogen-bond acceptors (Lipinski definition) is 8. The molecule has 170 valence electrons. The minimum Gasteiger partial charge on any atom is -0.417 e. The molecule has 0 radical (unpaired) electrons. The Morgan fingerprint density at radius 1 is 1.22 bits per heavy atom. The number of halogens is 6. The van der Waals surface area contributed by atoms with Crippen LogP contribution in [0, 0.1) is 5.82 Å². The van der Waals surface area contributed by atoms with Gasteiger partial charge in [-0.1, -0.05) is 11.3 Å². The molecule has 14 heteroatoms. The van der Waals surface area contributed by atoms with Crippen molar-refractivity contribution in [3.05, 3.63) is 52.8 Å². The molecule has 0 amide bonds. The van der Waals surface area contributed by atoms with E-state index in [1.54, 1.807) is 0 Å². The molecule has 3 aromatic rings. The van der Waals surface area contributed by atoms with Crippen molar-refractivity contribution in [2.24, 2.45) is 0 Å². The van der Waals surface area contributed by atoms with E-state index < -0.39 is 30.3 Å². The summed E-state index contributed by atoms with van der Waals surface area (Å²) in [6.45, 7) is -3.07. The van der Waals surface area contributed by atoms with Crippen LogP contribution in [0.2, 0.25) is 0 Å². The predicted molar refractivity (Wildman–Crippen MR) is 102 cm³/mol. The van der Waals surface area contributed by atoms with Gasteiger partial charge in [-0.25, -0.2) is 14.4 Å². The van der Waals surface area contributed by atoms with Gasteiger partial charge in [0.05, 0.1) is 0 Å². The standard InChI is InChI=1S/C18H12F6N4O3S/c1-28(9-3-4-11(10(19)6-9)31-18(22,23)24)17-27-15(25)14(32-17)13(29)8-2-5-12(26-7-8)30-16(20)21/h2-7,16H,25H2,1H3. The molecule has 0 aliphatic heterocycles. The Kier molecular flexibility index (Phi) is 6.43. The first-order valence-corrected chi connectivity index (χ1v) is 9.27. The molecular weight excluding hydrogens is 466 g/mol. The second-order valence-electron chi connectivity index (χ2n) is 6.03. The monoisotopic (exact) mass is 478 g/mol. The number of hydrogen-bond donors (Lipinski definition) is 1. The van der Waals surface area contributed by atoms with E-state index in [9.17, 15) is 31.1 Å². The van der Waals surface area contributed by atoms with Gasteiger partial charge >= 0.3 is 13.0 Å². The lowest BCUT2D eigenvalue weighted by molar-refractivity contribution is -0.275. The summed E-state index contributed by atoms with van der Waals surface area (Å²) in [7, 11) is 1.43. The van der Waals surface area contributed by atoms with Crippen LogP contribution in [0.25, 0.3) is 0 Å². The van der Waals surface area contributed by atoms with E-state index in [1.165, 1.54) is 18.0 Å². The second-order valence-corrected chi connectivity index (χ2v) is 7.00. The van der Waals surface area contributed by atoms with Gasteiger partial charge in [0.2, 0.25) is 11.7 Å². The number of benzene rings is 1. The number of carbonyl (C=O) groups excluding carboxylic acids is 1. The average molecular weight is 478 g/mol. The number of pyridine rings is 1. The molecule has 1 aromatic carbocycles. The molecule has 7 nitrogen and oxygen atoms in total. The molecule has 0 aliphatic rings. The molecule has 0 spiro atoms. The van der Waals surface area contributed by atoms with Crippen molar-refractivity contribution in [1.82, 2.24) is 9.97 Å². The van der Waals surface area contributed by atoms with Crippen LogP contribution in [-0.4, -0.2) is 35.8 Å². The molecule has 0 saturated carbocycles. The van der Waals surface area contributed by atoms with Crippen LogP contribution in [0.5, 0.6) is 11.6 Å². The van der Waals surface area contributed by atoms with Gasteiger partial charge < -0.3 is 20.1 Å². The smallest absolute Gasteiger partial charge is 0.417 e. The summed E-state index contributed by atoms with van der Waals surface area (Å²) >= 11 is 0.828. The summed E-state index contributed by atoms with van der Waals surface area (Å²) in [4.78, 5) is 21.6. The van der Waals surface area contributed by atoms with Gasteiger partial charge in [0.25, 0.3) is 0 Å². The largest absolute Gasteiger partial charge is 0.573 e. The minimum atomic E-state index is -5.05. The Labute approximate surface area is 180 Å². The van der Waals surface area contributed by atoms with Crippen LogP contribution >= 0.6 is 11.3 Å². The van der Waals surface area contributed by atoms with Crippen LogP contribution in [0.15, 0.2) is 36.5 Å². The highest BCUT2D eigenvalue weighted by atomic mass is 32.1. The van der Waals surface area contributed by atoms with Gasteiger partial charge in [0.1, 0.15) is 10.7 Å². The number of ketones is 1. The lowest BCUT2D eigenvalue weighted by atomic mass is 10.1. The highest BCUT2D eigenvalue weighted by molar-refractivity contribution is 7.18. The van der Waals surface area contributed by atoms with Crippen molar-refractivity contribution >= 4 is 33.8 Å². The molecule has 2 aromatic heterocycles. The van der Waals surface area contributed by atoms with E-state index >= 15 is 0 Å². The van der Waals surface area contributed by atoms with Crippen LogP contribution in [0.4, 0.5) is 43.0 Å². The molecule has 0 aliphatic carbocycles. The Balaban J connectivity index is 1.81. The Bertz CT molecular complexity index is 1120. The molecule has 0 fully saturated rings. The first kappa shape index (κ1) is 23.1. The van der Waals surface area contributed by atoms with Gasteiger partial charge in [-0.3, -0.25) is 4.79 Å². The van der Waals surface area contributed by atoms with Gasteiger partial charge in [0.15, 0.2) is 16.7 Å². The minimum absolute atomic E-state index is 0.00586. The molecule has 3 rings (SSSR count). The maximum absolute atomic E-state index is 14.0. The Morgan fingerprint density at radius 2 is 1.94 bits per heavy atom. The number of ether oxygens (including phenoxy) is 2. The van der Waals surface area contributed by atoms with Gasteiger partial charge in [-0.15, -0.1) is 13.2 Å². The first-order valence-electron chi connectivity index (χ1n) is 8.45. The normalized spacial score (nSPS) is 11.5. The Hall–Kier alpha value is -3.55. The van der Waals surface area contributed by atoms with Crippen molar-refractivity contribution in [3.8, 4) is 11.6 Å². The number of nitrogens with zero attached hydrogens (tertiary/aromatic N) is 3. The van der Waals surface area contributed by atoms with Crippen molar-refractivity contribution in [2.75, 3.05) is 17.7 Å². The van der Waals surface area contributed by atoms with Crippen LogP contribution in [0.3, 0.4) is 0 Å². The summed E-state index contributed by atoms with van der Waals surface area (Å²) in [5, 5.41) is 0.139. The van der Waals surface area contributed by atoms with Gasteiger partial charge in [-0.2, -0.15) is 8.78 Å². The molecule has 2 heterocycles. The zero-order chi connectivity index (χ0) is 23.6. The number of nitrogen functional groups attached to an aromatic ring is 1. The number of anilines is 3. The highest BCUT2D eigenvalue weighted by Gasteiger charge is 2.32. The molecule has 0 atom stereocenters. The third-order valence-electron chi connectivity index (χ3n) is 3.87. The van der Waals surface area contributed by atoms with Gasteiger partial charge in [0, 0.05) is 36.6 Å². The zero-order valence-electron chi connectivity index (χ0n) is 15.9. The maximum Gasteiger partial charge on any atom is 0.573 e. The molecule has 0 bridgehead atoms. The number of aromatic nitrogens is 2. The van der Waals surface area contributed by atoms with Crippen LogP contribution < -0.4 is 20.1 Å². The number of thiazole rings is 1. The lowest BCUT2D eigenvalue weighted by Gasteiger charge is -2.17. The fourth-order valence-corrected chi connectivity index (χ4v) is 3.38. The van der Waals surface area contributed by atoms with Crippen LogP contribution in [0.1, 0.15) is 15.2 Å². The number of nitrogens with two attached hydrogens (primary N) is 1. The van der Waals surface area contributed by atoms with Crippen molar-refractivity contribution in [3.63, 3.8) is 0 Å². The second kappa shape index (κ2) is 8.90. The van der Waals surface area contributed by atoms with Crippen molar-refractivity contribution in [1.29, 1.82) is 0 Å². The van der Waals surface area contributed by atoms with E-state index in [0.717, 1.165) is 41.8 Å². The highest BCUT2D eigenvalue weighted by Crippen LogP contribution is 2.35. The van der Waals surface area contributed by atoms with E-state index in [2.05, 4.69) is 19.4 Å². The molecule has 2 N–H and O–H groups in total. The van der Waals surface area contributed by atoms with E-state index in [-0.39, 0.29) is 33.0 Å². The maximum atomic E-state index is 14.0. The average Bonchev–Trinajstić information content (AvgIpc) is 3.09. The SMILES string of the molecule is CN(c1ccc(OC(F)(F)F)c(F)c1)c1nc(N)c(C(=O)c2ccc(OC(F)F)nc2)s1. The first-order chi connectivity index (χ1) is 14.9. The fourth-order valence-electron chi connectivity index (χ4n) is 2.45. The molecule has 0 unspecified atom stereocenters. The van der Waals surface area contributed by atoms with E-state index in [1.807, 2.05) is 0 Å². The summed E-state index contributed by atoms with van der Waals surface area (Å²) in [6.07, 6.45) is -4.02. The summed E-state index contributed by atoms with van der Waals surface area (Å²) < 4.78 is 82.9. The molecule has 32 heavy (non-hydrogen) atoms. The summed E-state index contributed by atoms with van der Waals surface area (Å²) in [5.74, 6) is -3.40. The Morgan fingerprint density at radius 3 is 2.50 bits per heavy atom.